The molecular weight excluding hydrogens is 521 g/mol. The molecule has 3 heterocycles. The highest BCUT2D eigenvalue weighted by Gasteiger charge is 2.27. The minimum Gasteiger partial charge on any atom is -0.369 e. The van der Waals surface area contributed by atoms with E-state index in [1.54, 1.807) is 20.2 Å². The van der Waals surface area contributed by atoms with Crippen LogP contribution in [0.5, 0.6) is 0 Å². The van der Waals surface area contributed by atoms with Crippen LogP contribution < -0.4 is 16.0 Å². The van der Waals surface area contributed by atoms with E-state index >= 15 is 0 Å². The van der Waals surface area contributed by atoms with Crippen LogP contribution in [0.25, 0.3) is 0 Å². The van der Waals surface area contributed by atoms with Crippen molar-refractivity contribution in [1.82, 2.24) is 30.4 Å². The number of fused-ring (bicyclic) bond motifs is 1. The summed E-state index contributed by atoms with van der Waals surface area (Å²) in [4.78, 5) is 50.6. The lowest BCUT2D eigenvalue weighted by atomic mass is 10.2. The Hall–Kier alpha value is -2.38. The van der Waals surface area contributed by atoms with Gasteiger partial charge in [0.15, 0.2) is 10.00 Å². The molecule has 1 aliphatic rings. The minimum absolute atomic E-state index is 0. The van der Waals surface area contributed by atoms with Crippen molar-refractivity contribution in [2.24, 2.45) is 0 Å². The van der Waals surface area contributed by atoms with Crippen molar-refractivity contribution in [2.45, 2.75) is 19.0 Å². The van der Waals surface area contributed by atoms with Gasteiger partial charge < -0.3 is 25.8 Å². The Bertz CT molecular complexity index is 1060. The molecule has 3 N–H and O–H groups in total. The molecule has 0 radical (unpaired) electrons. The van der Waals surface area contributed by atoms with Crippen molar-refractivity contribution in [3.63, 3.8) is 0 Å². The summed E-state index contributed by atoms with van der Waals surface area (Å²) in [7, 11) is 5.18. The summed E-state index contributed by atoms with van der Waals surface area (Å²) in [6.07, 6.45) is 2.17. The number of aromatic nitrogens is 2. The molecule has 14 heteroatoms. The second kappa shape index (κ2) is 12.4. The predicted octanol–water partition coefficient (Wildman–Crippen LogP) is 1.34. The van der Waals surface area contributed by atoms with Crippen LogP contribution in [0.3, 0.4) is 0 Å². The summed E-state index contributed by atoms with van der Waals surface area (Å²) in [5.41, 5.74) is 0.922. The normalized spacial score (nSPS) is 13.6. The van der Waals surface area contributed by atoms with Gasteiger partial charge in [0.2, 0.25) is 5.91 Å². The quantitative estimate of drug-likeness (QED) is 0.465. The Labute approximate surface area is 217 Å². The third kappa shape index (κ3) is 7.31. The lowest BCUT2D eigenvalue weighted by Gasteiger charge is -2.22. The van der Waals surface area contributed by atoms with Gasteiger partial charge in [-0.3, -0.25) is 14.4 Å². The van der Waals surface area contributed by atoms with Crippen LogP contribution in [0.2, 0.25) is 5.02 Å². The first-order chi connectivity index (χ1) is 15.6. The monoisotopic (exact) mass is 545 g/mol. The third-order valence-electron chi connectivity index (χ3n) is 4.80. The minimum atomic E-state index is -0.949. The highest BCUT2D eigenvalue weighted by Crippen LogP contribution is 2.24. The van der Waals surface area contributed by atoms with Crippen molar-refractivity contribution in [3.05, 3.63) is 38.9 Å². The Morgan fingerprint density at radius 1 is 1.32 bits per heavy atom. The fourth-order valence-electron chi connectivity index (χ4n) is 3.05. The molecule has 1 aliphatic heterocycles. The number of likely N-dealkylation sites (N-methyl/N-ethyl adjacent to an activating group) is 2. The Morgan fingerprint density at radius 3 is 2.71 bits per heavy atom. The van der Waals surface area contributed by atoms with Crippen molar-refractivity contribution < 1.29 is 14.4 Å². The van der Waals surface area contributed by atoms with Crippen molar-refractivity contribution in [1.29, 1.82) is 0 Å². The molecular formula is C20H25Cl2N7O3S2. The zero-order valence-electron chi connectivity index (χ0n) is 18.8. The van der Waals surface area contributed by atoms with E-state index in [-0.39, 0.29) is 35.7 Å². The summed E-state index contributed by atoms with van der Waals surface area (Å²) >= 11 is 12.2. The zero-order valence-corrected chi connectivity index (χ0v) is 22.0. The molecule has 0 aromatic carbocycles. The van der Waals surface area contributed by atoms with Gasteiger partial charge in [-0.25, -0.2) is 9.97 Å². The molecule has 1 atom stereocenters. The number of hydrogen-bond donors (Lipinski definition) is 3. The molecule has 3 amide bonds. The molecule has 0 aliphatic carbocycles. The maximum absolute atomic E-state index is 12.8. The number of pyridine rings is 1. The van der Waals surface area contributed by atoms with E-state index in [1.807, 2.05) is 7.05 Å². The molecule has 0 unspecified atom stereocenters. The van der Waals surface area contributed by atoms with Crippen molar-refractivity contribution >= 4 is 76.1 Å². The molecule has 3 rings (SSSR count). The summed E-state index contributed by atoms with van der Waals surface area (Å²) in [6.45, 7) is 1.55. The van der Waals surface area contributed by atoms with Gasteiger partial charge in [0.1, 0.15) is 11.9 Å². The number of halogens is 2. The highest BCUT2D eigenvalue weighted by molar-refractivity contribution is 7.82. The number of carbonyl (C=O) groups excluding carboxylic acids is 3. The van der Waals surface area contributed by atoms with Gasteiger partial charge in [0.25, 0.3) is 11.8 Å². The summed E-state index contributed by atoms with van der Waals surface area (Å²) in [5, 5.41) is 8.72. The number of nitrogens with zero attached hydrogens (tertiary/aromatic N) is 4. The first-order valence-corrected chi connectivity index (χ1v) is 11.6. The first kappa shape index (κ1) is 27.9. The average molecular weight is 547 g/mol. The average Bonchev–Trinajstić information content (AvgIpc) is 3.20. The maximum Gasteiger partial charge on any atom is 0.284 e. The van der Waals surface area contributed by atoms with Crippen molar-refractivity contribution in [3.8, 4) is 0 Å². The number of rotatable bonds is 6. The van der Waals surface area contributed by atoms with Crippen LogP contribution in [0.15, 0.2) is 18.3 Å². The van der Waals surface area contributed by atoms with E-state index in [0.717, 1.165) is 30.1 Å². The number of nitrogens with one attached hydrogen (secondary N) is 3. The largest absolute Gasteiger partial charge is 0.369 e. The molecule has 2 aromatic heterocycles. The van der Waals surface area contributed by atoms with Crippen molar-refractivity contribution in [2.75, 3.05) is 39.5 Å². The fraction of sp³-hybridized carbons (Fsp3) is 0.400. The lowest BCUT2D eigenvalue weighted by Crippen LogP contribution is -2.53. The first-order valence-electron chi connectivity index (χ1n) is 10.0. The molecule has 0 fully saturated rings. The van der Waals surface area contributed by atoms with E-state index in [2.05, 4.69) is 30.8 Å². The van der Waals surface area contributed by atoms with Crippen LogP contribution in [-0.4, -0.2) is 82.8 Å². The zero-order chi connectivity index (χ0) is 24.1. The molecule has 184 valence electrons. The molecule has 2 aromatic rings. The SMILES string of the molecule is CN1CCc2nc(C(=O)N[C@@H](CNC(=S)C(=O)Nc3ccc(Cl)cn3)C(=O)N(C)C)sc2C1.Cl. The highest BCUT2D eigenvalue weighted by atomic mass is 35.5. The molecule has 10 nitrogen and oxygen atoms in total. The molecule has 0 saturated heterocycles. The van der Waals surface area contributed by atoms with Crippen LogP contribution in [-0.2, 0) is 22.6 Å². The van der Waals surface area contributed by atoms with Crippen LogP contribution >= 0.6 is 47.6 Å². The second-order valence-electron chi connectivity index (χ2n) is 7.66. The summed E-state index contributed by atoms with van der Waals surface area (Å²) < 4.78 is 0. The Kier molecular flexibility index (Phi) is 10.1. The summed E-state index contributed by atoms with van der Waals surface area (Å²) in [6, 6.07) is 2.17. The number of amides is 3. The van der Waals surface area contributed by atoms with Crippen LogP contribution in [0.1, 0.15) is 20.4 Å². The topological polar surface area (TPSA) is 120 Å². The number of thiazole rings is 1. The standard InChI is InChI=1S/C20H24ClN7O3S2.ClH/c1-27(2)20(31)13(9-23-18(32)16(29)26-15-5-4-11(21)8-22-15)24-17(30)19-25-12-6-7-28(3)10-14(12)33-19;/h4-5,8,13H,6-7,9-10H2,1-3H3,(H,23,32)(H,24,30)(H,22,26,29);1H/t13-;/m0./s1. The number of carbonyl (C=O) groups is 3. The molecule has 0 spiro atoms. The third-order valence-corrected chi connectivity index (χ3v) is 6.44. The van der Waals surface area contributed by atoms with E-state index in [1.165, 1.54) is 28.5 Å². The molecule has 34 heavy (non-hydrogen) atoms. The van der Waals surface area contributed by atoms with E-state index in [0.29, 0.717) is 10.0 Å². The number of anilines is 1. The van der Waals surface area contributed by atoms with Gasteiger partial charge in [-0.15, -0.1) is 23.7 Å². The van der Waals surface area contributed by atoms with Gasteiger partial charge in [0.05, 0.1) is 10.7 Å². The van der Waals surface area contributed by atoms with Gasteiger partial charge in [0, 0.05) is 51.2 Å². The second-order valence-corrected chi connectivity index (χ2v) is 9.59. The van der Waals surface area contributed by atoms with E-state index in [9.17, 15) is 14.4 Å². The van der Waals surface area contributed by atoms with Crippen LogP contribution in [0.4, 0.5) is 5.82 Å². The lowest BCUT2D eigenvalue weighted by molar-refractivity contribution is -0.130. The molecule has 0 bridgehead atoms. The Balaban J connectivity index is 0.00000408. The smallest absolute Gasteiger partial charge is 0.284 e. The molecule has 0 saturated carbocycles. The number of thiocarbonyl (C=S) groups is 1. The van der Waals surface area contributed by atoms with Gasteiger partial charge >= 0.3 is 0 Å². The van der Waals surface area contributed by atoms with Gasteiger partial charge in [-0.05, 0) is 19.2 Å². The predicted molar refractivity (Wildman–Crippen MR) is 138 cm³/mol. The van der Waals surface area contributed by atoms with Crippen LogP contribution in [0, 0.1) is 0 Å². The fourth-order valence-corrected chi connectivity index (χ4v) is 4.39. The number of hydrogen-bond acceptors (Lipinski definition) is 8. The summed E-state index contributed by atoms with van der Waals surface area (Å²) in [5.74, 6) is -1.11. The van der Waals surface area contributed by atoms with E-state index < -0.39 is 17.9 Å². The Morgan fingerprint density at radius 2 is 2.06 bits per heavy atom. The van der Waals surface area contributed by atoms with Gasteiger partial charge in [-0.2, -0.15) is 0 Å². The van der Waals surface area contributed by atoms with E-state index in [4.69, 9.17) is 23.8 Å². The maximum atomic E-state index is 12.8. The van der Waals surface area contributed by atoms with Gasteiger partial charge in [-0.1, -0.05) is 23.8 Å².